The summed E-state index contributed by atoms with van der Waals surface area (Å²) in [6, 6.07) is 0.352. The van der Waals surface area contributed by atoms with Crippen molar-refractivity contribution < 1.29 is 0 Å². The normalized spacial score (nSPS) is 14.0. The molecule has 0 aliphatic heterocycles. The minimum absolute atomic E-state index is 0.352. The molecule has 0 aliphatic carbocycles. The highest BCUT2D eigenvalue weighted by Gasteiger charge is 2.20. The van der Waals surface area contributed by atoms with Gasteiger partial charge in [-0.1, -0.05) is 41.5 Å². The summed E-state index contributed by atoms with van der Waals surface area (Å²) in [5.74, 6) is 0. The average molecular weight is 171 g/mol. The topological polar surface area (TPSA) is 26.0 Å². The molecule has 0 heterocycles. The van der Waals surface area contributed by atoms with Gasteiger partial charge < -0.3 is 5.73 Å². The fraction of sp³-hybridized carbons (Fsp3) is 1.00. The largest absolute Gasteiger partial charge is 0.328 e. The van der Waals surface area contributed by atoms with E-state index in [-0.39, 0.29) is 0 Å². The first-order valence-corrected chi connectivity index (χ1v) is 4.86. The lowest BCUT2D eigenvalue weighted by atomic mass is 9.81. The Labute approximate surface area is 77.7 Å². The summed E-state index contributed by atoms with van der Waals surface area (Å²) >= 11 is 0. The number of rotatable bonds is 2. The Kier molecular flexibility index (Phi) is 3.77. The molecule has 0 radical (unpaired) electrons. The van der Waals surface area contributed by atoms with E-state index in [1.807, 2.05) is 0 Å². The summed E-state index contributed by atoms with van der Waals surface area (Å²) in [5.41, 5.74) is 6.78. The number of hydrogen-bond donors (Lipinski definition) is 1. The zero-order chi connectivity index (χ0) is 9.99. The van der Waals surface area contributed by atoms with Crippen molar-refractivity contribution in [1.29, 1.82) is 0 Å². The third-order valence-electron chi connectivity index (χ3n) is 1.75. The minimum Gasteiger partial charge on any atom is -0.328 e. The smallest absolute Gasteiger partial charge is 0.00487 e. The van der Waals surface area contributed by atoms with Gasteiger partial charge in [-0.25, -0.2) is 0 Å². The van der Waals surface area contributed by atoms with Crippen LogP contribution in [0.25, 0.3) is 0 Å². The molecule has 0 spiro atoms. The Hall–Kier alpha value is -0.0400. The summed E-state index contributed by atoms with van der Waals surface area (Å²) in [6.07, 6.45) is 2.23. The molecule has 1 nitrogen and oxygen atoms in total. The summed E-state index contributed by atoms with van der Waals surface area (Å²) < 4.78 is 0. The molecule has 74 valence electrons. The Morgan fingerprint density at radius 3 is 1.25 bits per heavy atom. The van der Waals surface area contributed by atoms with Crippen LogP contribution in [0.5, 0.6) is 0 Å². The van der Waals surface area contributed by atoms with Crippen molar-refractivity contribution >= 4 is 0 Å². The Balaban J connectivity index is 3.83. The maximum atomic E-state index is 6.05. The van der Waals surface area contributed by atoms with E-state index < -0.39 is 0 Å². The first kappa shape index (κ1) is 12.0. The summed E-state index contributed by atoms with van der Waals surface area (Å²) in [5, 5.41) is 0. The van der Waals surface area contributed by atoms with E-state index in [2.05, 4.69) is 41.5 Å². The van der Waals surface area contributed by atoms with Gasteiger partial charge in [0.25, 0.3) is 0 Å². The van der Waals surface area contributed by atoms with Crippen molar-refractivity contribution in [3.8, 4) is 0 Å². The zero-order valence-electron chi connectivity index (χ0n) is 9.57. The molecular formula is C11H25N. The van der Waals surface area contributed by atoms with Crippen LogP contribution in [-0.2, 0) is 0 Å². The maximum Gasteiger partial charge on any atom is 0.00487 e. The molecule has 0 saturated carbocycles. The molecule has 0 aromatic carbocycles. The number of nitrogens with two attached hydrogens (primary N) is 1. The molecule has 0 amide bonds. The van der Waals surface area contributed by atoms with Gasteiger partial charge in [0.2, 0.25) is 0 Å². The van der Waals surface area contributed by atoms with Crippen molar-refractivity contribution in [3.05, 3.63) is 0 Å². The SMILES string of the molecule is CC(C)(C)CC(N)CC(C)(C)C. The van der Waals surface area contributed by atoms with E-state index in [0.717, 1.165) is 12.8 Å². The minimum atomic E-state index is 0.352. The maximum absolute atomic E-state index is 6.05. The highest BCUT2D eigenvalue weighted by atomic mass is 14.6. The Morgan fingerprint density at radius 2 is 1.08 bits per heavy atom. The molecule has 0 atom stereocenters. The summed E-state index contributed by atoms with van der Waals surface area (Å²) in [7, 11) is 0. The predicted octanol–water partition coefficient (Wildman–Crippen LogP) is 3.19. The molecule has 0 fully saturated rings. The van der Waals surface area contributed by atoms with Crippen LogP contribution in [0.4, 0.5) is 0 Å². The lowest BCUT2D eigenvalue weighted by molar-refractivity contribution is 0.270. The number of hydrogen-bond acceptors (Lipinski definition) is 1. The van der Waals surface area contributed by atoms with Crippen molar-refractivity contribution in [2.24, 2.45) is 16.6 Å². The van der Waals surface area contributed by atoms with Gasteiger partial charge in [-0.05, 0) is 23.7 Å². The summed E-state index contributed by atoms with van der Waals surface area (Å²) in [6.45, 7) is 13.5. The molecule has 12 heavy (non-hydrogen) atoms. The van der Waals surface area contributed by atoms with Crippen LogP contribution in [0, 0.1) is 10.8 Å². The fourth-order valence-electron chi connectivity index (χ4n) is 1.65. The van der Waals surface area contributed by atoms with Gasteiger partial charge in [-0.15, -0.1) is 0 Å². The standard InChI is InChI=1S/C11H25N/c1-10(2,3)7-9(12)8-11(4,5)6/h9H,7-8,12H2,1-6H3. The molecule has 0 rings (SSSR count). The molecule has 0 bridgehead atoms. The van der Waals surface area contributed by atoms with E-state index in [4.69, 9.17) is 5.73 Å². The Morgan fingerprint density at radius 1 is 0.833 bits per heavy atom. The van der Waals surface area contributed by atoms with Crippen LogP contribution in [0.1, 0.15) is 54.4 Å². The van der Waals surface area contributed by atoms with Gasteiger partial charge >= 0.3 is 0 Å². The highest BCUT2D eigenvalue weighted by Crippen LogP contribution is 2.27. The predicted molar refractivity (Wildman–Crippen MR) is 56.1 cm³/mol. The molecule has 0 unspecified atom stereocenters. The fourth-order valence-corrected chi connectivity index (χ4v) is 1.65. The first-order chi connectivity index (χ1) is 5.10. The van der Waals surface area contributed by atoms with Crippen LogP contribution in [0.3, 0.4) is 0 Å². The molecule has 2 N–H and O–H groups in total. The van der Waals surface area contributed by atoms with Gasteiger partial charge in [0, 0.05) is 6.04 Å². The monoisotopic (exact) mass is 171 g/mol. The van der Waals surface area contributed by atoms with E-state index in [1.165, 1.54) is 0 Å². The summed E-state index contributed by atoms with van der Waals surface area (Å²) in [4.78, 5) is 0. The molecule has 0 aromatic rings. The lowest BCUT2D eigenvalue weighted by Gasteiger charge is -2.28. The van der Waals surface area contributed by atoms with Crippen molar-refractivity contribution in [2.45, 2.75) is 60.4 Å². The molecule has 0 aromatic heterocycles. The first-order valence-electron chi connectivity index (χ1n) is 4.86. The van der Waals surface area contributed by atoms with E-state index in [1.54, 1.807) is 0 Å². The second kappa shape index (κ2) is 3.78. The van der Waals surface area contributed by atoms with E-state index >= 15 is 0 Å². The van der Waals surface area contributed by atoms with Gasteiger partial charge in [-0.3, -0.25) is 0 Å². The van der Waals surface area contributed by atoms with Gasteiger partial charge in [0.1, 0.15) is 0 Å². The van der Waals surface area contributed by atoms with E-state index in [9.17, 15) is 0 Å². The molecule has 1 heteroatoms. The van der Waals surface area contributed by atoms with Crippen LogP contribution in [-0.4, -0.2) is 6.04 Å². The average Bonchev–Trinajstić information content (AvgIpc) is 1.49. The lowest BCUT2D eigenvalue weighted by Crippen LogP contribution is -2.30. The van der Waals surface area contributed by atoms with Crippen molar-refractivity contribution in [2.75, 3.05) is 0 Å². The third kappa shape index (κ3) is 8.06. The zero-order valence-corrected chi connectivity index (χ0v) is 9.57. The third-order valence-corrected chi connectivity index (χ3v) is 1.75. The van der Waals surface area contributed by atoms with Gasteiger partial charge in [0.05, 0.1) is 0 Å². The van der Waals surface area contributed by atoms with Gasteiger partial charge in [0.15, 0.2) is 0 Å². The molecular weight excluding hydrogens is 146 g/mol. The van der Waals surface area contributed by atoms with Crippen LogP contribution in [0.15, 0.2) is 0 Å². The van der Waals surface area contributed by atoms with Crippen molar-refractivity contribution in [3.63, 3.8) is 0 Å². The second-order valence-corrected chi connectivity index (χ2v) is 6.29. The molecule has 0 saturated heterocycles. The van der Waals surface area contributed by atoms with Crippen LogP contribution >= 0.6 is 0 Å². The van der Waals surface area contributed by atoms with Gasteiger partial charge in [-0.2, -0.15) is 0 Å². The van der Waals surface area contributed by atoms with Crippen LogP contribution < -0.4 is 5.73 Å². The quantitative estimate of drug-likeness (QED) is 0.678. The van der Waals surface area contributed by atoms with Crippen LogP contribution in [0.2, 0.25) is 0 Å². The van der Waals surface area contributed by atoms with E-state index in [0.29, 0.717) is 16.9 Å². The second-order valence-electron chi connectivity index (χ2n) is 6.29. The molecule has 0 aliphatic rings. The van der Waals surface area contributed by atoms with Crippen molar-refractivity contribution in [1.82, 2.24) is 0 Å². The highest BCUT2D eigenvalue weighted by molar-refractivity contribution is 4.76. The Bertz CT molecular complexity index is 109.